The summed E-state index contributed by atoms with van der Waals surface area (Å²) in [4.78, 5) is 5.36. The lowest BCUT2D eigenvalue weighted by atomic mass is 9.33. The third kappa shape index (κ3) is 7.61. The van der Waals surface area contributed by atoms with Crippen LogP contribution in [0.3, 0.4) is 0 Å². The van der Waals surface area contributed by atoms with E-state index in [1.165, 1.54) is 165 Å². The van der Waals surface area contributed by atoms with Crippen LogP contribution >= 0.6 is 0 Å². The van der Waals surface area contributed by atoms with Gasteiger partial charge >= 0.3 is 0 Å². The number of aryl methyl sites for hydroxylation is 1. The molecule has 7 aromatic carbocycles. The molecule has 0 atom stereocenters. The molecule has 0 saturated heterocycles. The summed E-state index contributed by atoms with van der Waals surface area (Å²) in [6.07, 6.45) is 13.1. The number of hydrogen-bond acceptors (Lipinski definition) is 2. The van der Waals surface area contributed by atoms with Gasteiger partial charge in [-0.05, 0) is 170 Å². The Morgan fingerprint density at radius 2 is 0.833 bits per heavy atom. The predicted octanol–water partition coefficient (Wildman–Crippen LogP) is 16.1. The third-order valence-corrected chi connectivity index (χ3v) is 15.7. The molecule has 0 radical (unpaired) electrons. The third-order valence-electron chi connectivity index (χ3n) is 15.7. The van der Waals surface area contributed by atoms with Crippen LogP contribution in [-0.4, -0.2) is 6.71 Å². The molecular formula is C63H67BN2. The molecule has 0 aromatic heterocycles. The van der Waals surface area contributed by atoms with Crippen molar-refractivity contribution in [3.63, 3.8) is 0 Å². The molecule has 0 amide bonds. The first-order chi connectivity index (χ1) is 31.9. The van der Waals surface area contributed by atoms with E-state index >= 15 is 0 Å². The largest absolute Gasteiger partial charge is 0.311 e. The van der Waals surface area contributed by atoms with Crippen molar-refractivity contribution in [1.82, 2.24) is 0 Å². The van der Waals surface area contributed by atoms with E-state index in [1.54, 1.807) is 0 Å². The number of rotatable bonds is 6. The number of fused-ring (bicyclic) bond motifs is 4. The van der Waals surface area contributed by atoms with Gasteiger partial charge in [-0.3, -0.25) is 0 Å². The van der Waals surface area contributed by atoms with Crippen molar-refractivity contribution in [2.75, 3.05) is 9.80 Å². The minimum Gasteiger partial charge on any atom is -0.311 e. The van der Waals surface area contributed by atoms with Crippen LogP contribution < -0.4 is 26.2 Å². The van der Waals surface area contributed by atoms with E-state index in [-0.39, 0.29) is 17.5 Å². The zero-order valence-electron chi connectivity index (χ0n) is 40.6. The quantitative estimate of drug-likeness (QED) is 0.154. The molecule has 0 spiro atoms. The lowest BCUT2D eigenvalue weighted by molar-refractivity contribution is 0.443. The van der Waals surface area contributed by atoms with E-state index in [0.717, 1.165) is 0 Å². The smallest absolute Gasteiger partial charge is 0.252 e. The minimum absolute atomic E-state index is 0.00381. The summed E-state index contributed by atoms with van der Waals surface area (Å²) in [5, 5.41) is 0. The molecule has 2 aliphatic carbocycles. The highest BCUT2D eigenvalue weighted by atomic mass is 15.2. The van der Waals surface area contributed by atoms with Gasteiger partial charge in [-0.1, -0.05) is 177 Å². The summed E-state index contributed by atoms with van der Waals surface area (Å²) < 4.78 is 0. The fraction of sp³-hybridized carbons (Fsp3) is 0.333. The maximum Gasteiger partial charge on any atom is 0.252 e. The van der Waals surface area contributed by atoms with Crippen molar-refractivity contribution >= 4 is 57.2 Å². The van der Waals surface area contributed by atoms with Crippen LogP contribution in [0.2, 0.25) is 0 Å². The second kappa shape index (κ2) is 16.8. The van der Waals surface area contributed by atoms with Crippen molar-refractivity contribution in [1.29, 1.82) is 0 Å². The number of benzene rings is 7. The number of nitrogens with zero attached hydrogens (tertiary/aromatic N) is 2. The first-order valence-corrected chi connectivity index (χ1v) is 25.3. The first kappa shape index (κ1) is 42.8. The Morgan fingerprint density at radius 1 is 0.424 bits per heavy atom. The lowest BCUT2D eigenvalue weighted by Gasteiger charge is -2.46. The Morgan fingerprint density at radius 3 is 1.23 bits per heavy atom. The Labute approximate surface area is 396 Å². The monoisotopic (exact) mass is 863 g/mol. The lowest BCUT2D eigenvalue weighted by Crippen LogP contribution is -2.61. The maximum absolute atomic E-state index is 2.68. The zero-order valence-corrected chi connectivity index (χ0v) is 40.6. The van der Waals surface area contributed by atoms with Crippen molar-refractivity contribution in [2.45, 2.75) is 135 Å². The molecule has 7 aromatic rings. The van der Waals surface area contributed by atoms with Gasteiger partial charge in [0.05, 0.1) is 0 Å². The van der Waals surface area contributed by atoms with Gasteiger partial charge in [0.15, 0.2) is 0 Å². The molecule has 2 aliphatic heterocycles. The van der Waals surface area contributed by atoms with E-state index in [2.05, 4.69) is 204 Å². The summed E-state index contributed by atoms with van der Waals surface area (Å²) >= 11 is 0. The van der Waals surface area contributed by atoms with E-state index in [4.69, 9.17) is 0 Å². The van der Waals surface area contributed by atoms with Gasteiger partial charge < -0.3 is 9.80 Å². The minimum atomic E-state index is -0.0967. The predicted molar refractivity (Wildman–Crippen MR) is 285 cm³/mol. The Hall–Kier alpha value is -5.80. The molecular weight excluding hydrogens is 796 g/mol. The van der Waals surface area contributed by atoms with E-state index in [0.29, 0.717) is 11.8 Å². The second-order valence-corrected chi connectivity index (χ2v) is 22.3. The van der Waals surface area contributed by atoms with Crippen LogP contribution in [0.5, 0.6) is 0 Å². The summed E-state index contributed by atoms with van der Waals surface area (Å²) in [6.45, 7) is 16.7. The molecule has 0 bridgehead atoms. The summed E-state index contributed by atoms with van der Waals surface area (Å²) in [5.41, 5.74) is 23.9. The molecule has 66 heavy (non-hydrogen) atoms. The molecule has 332 valence electrons. The van der Waals surface area contributed by atoms with E-state index < -0.39 is 0 Å². The van der Waals surface area contributed by atoms with Crippen molar-refractivity contribution in [3.05, 3.63) is 173 Å². The van der Waals surface area contributed by atoms with Gasteiger partial charge in [-0.15, -0.1) is 0 Å². The summed E-state index contributed by atoms with van der Waals surface area (Å²) in [6, 6.07) is 57.2. The van der Waals surface area contributed by atoms with Crippen molar-refractivity contribution in [3.8, 4) is 22.3 Å². The van der Waals surface area contributed by atoms with Crippen LogP contribution in [0.25, 0.3) is 22.3 Å². The highest BCUT2D eigenvalue weighted by Gasteiger charge is 2.45. The fourth-order valence-electron chi connectivity index (χ4n) is 12.4. The van der Waals surface area contributed by atoms with Gasteiger partial charge in [-0.2, -0.15) is 0 Å². The maximum atomic E-state index is 2.68. The zero-order chi connectivity index (χ0) is 45.3. The number of anilines is 6. The first-order valence-electron chi connectivity index (χ1n) is 25.3. The topological polar surface area (TPSA) is 6.48 Å². The molecule has 2 saturated carbocycles. The normalized spacial score (nSPS) is 16.5. The van der Waals surface area contributed by atoms with E-state index in [1.807, 2.05) is 0 Å². The Kier molecular flexibility index (Phi) is 10.9. The molecule has 0 unspecified atom stereocenters. The average molecular weight is 863 g/mol. The Bertz CT molecular complexity index is 2730. The molecule has 2 heterocycles. The molecule has 2 nitrogen and oxygen atoms in total. The van der Waals surface area contributed by atoms with E-state index in [9.17, 15) is 0 Å². The summed E-state index contributed by atoms with van der Waals surface area (Å²) in [5.74, 6) is 1.22. The second-order valence-electron chi connectivity index (χ2n) is 22.3. The van der Waals surface area contributed by atoms with Crippen molar-refractivity contribution in [2.24, 2.45) is 0 Å². The van der Waals surface area contributed by atoms with Crippen LogP contribution in [-0.2, 0) is 10.8 Å². The summed E-state index contributed by atoms with van der Waals surface area (Å²) in [7, 11) is 0. The van der Waals surface area contributed by atoms with Gasteiger partial charge in [0.2, 0.25) is 0 Å². The SMILES string of the molecule is Cc1cc2c3c(c1)N(c1cccc(C4CCCCC4)c1)c1cc(C(C)(C)C)c(-c4ccccc4)cc1B3c1cc(-c3ccccc3)c(C(C)(C)C)cc1N2c1cccc(C2CCCCC2)c1. The van der Waals surface area contributed by atoms with Gasteiger partial charge in [0, 0.05) is 34.1 Å². The molecule has 3 heteroatoms. The van der Waals surface area contributed by atoms with Crippen LogP contribution in [0.15, 0.2) is 146 Å². The van der Waals surface area contributed by atoms with Crippen molar-refractivity contribution < 1.29 is 0 Å². The molecule has 2 fully saturated rings. The molecule has 0 N–H and O–H groups in total. The molecule has 4 aliphatic rings. The van der Waals surface area contributed by atoms with Crippen LogP contribution in [0.1, 0.15) is 145 Å². The van der Waals surface area contributed by atoms with Gasteiger partial charge in [-0.25, -0.2) is 0 Å². The standard InChI is InChI=1S/C63H67BN2/c1-42-34-59-61-60(35-42)66(50-33-21-31-48(37-50)44-24-14-9-15-25-44)58-41-54(63(5,6)7)52(46-28-18-11-19-29-46)39-56(58)64(61)55-38-51(45-26-16-10-17-27-45)53(62(2,3)4)40-57(55)65(59)49-32-20-30-47(36-49)43-22-12-8-13-23-43/h10-11,16-21,26-41,43-44H,8-9,12-15,22-25H2,1-7H3. The highest BCUT2D eigenvalue weighted by Crippen LogP contribution is 2.49. The average Bonchev–Trinajstić information content (AvgIpc) is 3.33. The van der Waals surface area contributed by atoms with Crippen LogP contribution in [0.4, 0.5) is 34.1 Å². The molecule has 11 rings (SSSR count). The highest BCUT2D eigenvalue weighted by molar-refractivity contribution is 7.00. The van der Waals surface area contributed by atoms with Gasteiger partial charge in [0.25, 0.3) is 6.71 Å². The Balaban J connectivity index is 1.25. The van der Waals surface area contributed by atoms with Gasteiger partial charge in [0.1, 0.15) is 0 Å². The number of hydrogen-bond donors (Lipinski definition) is 0. The van der Waals surface area contributed by atoms with Crippen LogP contribution in [0, 0.1) is 6.92 Å². The fourth-order valence-corrected chi connectivity index (χ4v) is 12.4.